The summed E-state index contributed by atoms with van der Waals surface area (Å²) in [5, 5.41) is 108. The third-order valence-corrected chi connectivity index (χ3v) is 43.2. The van der Waals surface area contributed by atoms with Crippen molar-refractivity contribution in [2.45, 2.75) is 374 Å². The van der Waals surface area contributed by atoms with Crippen LogP contribution in [0.1, 0.15) is 233 Å². The maximum absolute atomic E-state index is 12.0. The van der Waals surface area contributed by atoms with Gasteiger partial charge in [0.15, 0.2) is 23.0 Å². The van der Waals surface area contributed by atoms with Gasteiger partial charge in [-0.05, 0) is 236 Å². The van der Waals surface area contributed by atoms with Gasteiger partial charge in [0.1, 0.15) is 89.0 Å². The minimum atomic E-state index is -0.815. The molecule has 24 aliphatic rings. The number of nitrogens with one attached hydrogen (secondary N) is 3. The quantitative estimate of drug-likeness (QED) is 0.0428. The van der Waals surface area contributed by atoms with Crippen LogP contribution in [0.15, 0.2) is 84.9 Å². The molecule has 11 fully saturated rings. The molecular formula is C118H159Cl3N6O22. The molecule has 0 radical (unpaired) electrons. The Balaban J connectivity index is 0.000000101. The number of hydrogen-bond donors (Lipinski definition) is 13. The Labute approximate surface area is 895 Å². The zero-order chi connectivity index (χ0) is 101. The van der Waals surface area contributed by atoms with Crippen molar-refractivity contribution in [2.24, 2.45) is 11.8 Å². The van der Waals surface area contributed by atoms with Gasteiger partial charge in [0.05, 0.1) is 142 Å². The van der Waals surface area contributed by atoms with Gasteiger partial charge in [-0.3, -0.25) is 0 Å². The predicted octanol–water partition coefficient (Wildman–Crippen LogP) is -3.06. The second-order valence-corrected chi connectivity index (χ2v) is 48.2. The Morgan fingerprint density at radius 3 is 1.10 bits per heavy atom. The van der Waals surface area contributed by atoms with Crippen LogP contribution in [0, 0.1) is 11.8 Å². The minimum absolute atomic E-state index is 0. The van der Waals surface area contributed by atoms with Crippen LogP contribution in [0.25, 0.3) is 0 Å². The average molecular weight is 2120 g/mol. The van der Waals surface area contributed by atoms with Gasteiger partial charge in [-0.1, -0.05) is 72.8 Å². The zero-order valence-electron chi connectivity index (χ0n) is 88.8. The smallest absolute Gasteiger partial charge is 0.165 e. The number of aromatic hydroxyl groups is 2. The number of phenols is 2. The molecule has 31 heteroatoms. The van der Waals surface area contributed by atoms with E-state index >= 15 is 0 Å². The van der Waals surface area contributed by atoms with Gasteiger partial charge in [-0.2, -0.15) is 0 Å². The summed E-state index contributed by atoms with van der Waals surface area (Å²) >= 11 is 0. The number of halogens is 3. The van der Waals surface area contributed by atoms with Crippen molar-refractivity contribution in [3.05, 3.63) is 174 Å². The van der Waals surface area contributed by atoms with Crippen LogP contribution < -0.4 is 80.3 Å². The highest BCUT2D eigenvalue weighted by Crippen LogP contribution is 2.72. The molecule has 814 valence electrons. The van der Waals surface area contributed by atoms with E-state index < -0.39 is 38.6 Å². The average Bonchev–Trinajstić information content (AvgIpc) is 1.52. The highest BCUT2D eigenvalue weighted by atomic mass is 35.5. The molecule has 12 heterocycles. The molecule has 12 bridgehead atoms. The fraction of sp³-hybridized carbons (Fsp3) is 0.678. The molecule has 6 aromatic rings. The minimum Gasteiger partial charge on any atom is -1.00 e. The molecule has 0 amide bonds. The predicted molar refractivity (Wildman–Crippen MR) is 543 cm³/mol. The number of likely N-dealkylation sites (N-methyl/N-ethyl adjacent to an activating group) is 6. The van der Waals surface area contributed by atoms with Gasteiger partial charge in [0, 0.05) is 163 Å². The van der Waals surface area contributed by atoms with E-state index in [9.17, 15) is 51.1 Å². The topological polar surface area (TPSA) is 336 Å². The maximum atomic E-state index is 12.0. The summed E-state index contributed by atoms with van der Waals surface area (Å²) in [6, 6.07) is 26.2. The summed E-state index contributed by atoms with van der Waals surface area (Å²) in [7, 11) is 13.3. The summed E-state index contributed by atoms with van der Waals surface area (Å²) in [4.78, 5) is 11.7. The van der Waals surface area contributed by atoms with Crippen molar-refractivity contribution < 1.29 is 160 Å². The maximum Gasteiger partial charge on any atom is 0.165 e. The Morgan fingerprint density at radius 2 is 0.671 bits per heavy atom. The molecule has 13 N–H and O–H groups in total. The number of likely N-dealkylation sites (tertiary alicyclic amines) is 6. The number of phenolic OH excluding ortho intramolecular Hbond substituents is 2. The van der Waals surface area contributed by atoms with Gasteiger partial charge in [0.25, 0.3) is 0 Å². The zero-order valence-corrected chi connectivity index (χ0v) is 91.1. The molecule has 5 saturated carbocycles. The standard InChI is InChI=1S/2C20H27NO4.C20H27NO3.C20H25NO3.2C19H25NO4.3ClH/c2*1-3-24-14-6-7-20(23)15-10-12-4-5-13(11-22)17-16(12)19(20,18(14)25-17)8-9-21(15)2;2*1-3-23-16-7-6-14-15-10-12-4-5-13(11-22)18-17(12)20(14,19(16)24-18)8-9-21(15)2;2*1-3-23-13-6-7-19(22)14-10-11-4-5-12(21)16-15(11)18(19,17(13)24-16)8-9-20(14)2;;;/h2*4-5,14-15,18,22-23H,3,6-11H2,1-2H3;4-5,14-16,19,22H,3,6-11H2,1-2H3;4-7,14-16,19,22H,3,8-11H2,1-2H3;2*4-5,13-14,17,21-22H,3,6-10H2,1-2H3;3*1H/t2*14-,15?,18?,19-,20+;2*14?,15?,16-,19?,20-;2*13-,14?,17?,18-,19+;;;/m000000.../s1. The Bertz CT molecular complexity index is 5870. The van der Waals surface area contributed by atoms with E-state index in [0.29, 0.717) is 68.5 Å². The monoisotopic (exact) mass is 2120 g/mol. The normalized spacial score (nSPS) is 41.3. The lowest BCUT2D eigenvalue weighted by molar-refractivity contribution is -0.924. The third-order valence-electron chi connectivity index (χ3n) is 43.2. The Hall–Kier alpha value is -6.47. The lowest BCUT2D eigenvalue weighted by atomic mass is 9.48. The second-order valence-electron chi connectivity index (χ2n) is 48.2. The van der Waals surface area contributed by atoms with Crippen molar-refractivity contribution in [3.8, 4) is 46.0 Å². The van der Waals surface area contributed by atoms with Gasteiger partial charge in [-0.15, -0.1) is 0 Å². The van der Waals surface area contributed by atoms with Crippen LogP contribution >= 0.6 is 0 Å². The lowest BCUT2D eigenvalue weighted by Crippen LogP contribution is -3.19. The summed E-state index contributed by atoms with van der Waals surface area (Å²) < 4.78 is 75.1. The fourth-order valence-electron chi connectivity index (χ4n) is 37.2. The molecule has 17 unspecified atom stereocenters. The van der Waals surface area contributed by atoms with E-state index in [-0.39, 0.29) is 189 Å². The van der Waals surface area contributed by atoms with Crippen LogP contribution in [0.3, 0.4) is 0 Å². The molecule has 149 heavy (non-hydrogen) atoms. The Morgan fingerprint density at radius 1 is 0.329 bits per heavy atom. The number of ether oxygens (including phenoxy) is 12. The number of quaternary nitrogens is 3. The number of aliphatic hydroxyl groups is 8. The van der Waals surface area contributed by atoms with Crippen molar-refractivity contribution in [1.82, 2.24) is 14.7 Å². The van der Waals surface area contributed by atoms with Gasteiger partial charge in [-0.25, -0.2) is 0 Å². The van der Waals surface area contributed by atoms with Crippen LogP contribution in [-0.4, -0.2) is 319 Å². The van der Waals surface area contributed by atoms with E-state index in [1.165, 1.54) is 78.4 Å². The van der Waals surface area contributed by atoms with Crippen molar-refractivity contribution in [1.29, 1.82) is 0 Å². The molecule has 33 atom stereocenters. The lowest BCUT2D eigenvalue weighted by Gasteiger charge is -2.63. The summed E-state index contributed by atoms with van der Waals surface area (Å²) in [5.41, 5.74) is 14.0. The van der Waals surface area contributed by atoms with E-state index in [4.69, 9.17) is 56.8 Å². The van der Waals surface area contributed by atoms with E-state index in [1.54, 1.807) is 17.0 Å². The van der Waals surface area contributed by atoms with Crippen LogP contribution in [0.4, 0.5) is 0 Å². The molecule has 6 saturated heterocycles. The molecule has 12 aliphatic carbocycles. The van der Waals surface area contributed by atoms with Crippen LogP contribution in [0.5, 0.6) is 46.0 Å². The number of hydrogen-bond acceptors (Lipinski definition) is 25. The first-order valence-electron chi connectivity index (χ1n) is 56.2. The molecule has 12 aliphatic heterocycles. The number of aliphatic hydroxyl groups excluding tert-OH is 4. The summed E-state index contributed by atoms with van der Waals surface area (Å²) in [5.74, 6) is 6.32. The highest BCUT2D eigenvalue weighted by Gasteiger charge is 2.80. The first-order valence-corrected chi connectivity index (χ1v) is 56.2. The number of nitrogens with zero attached hydrogens (tertiary/aromatic N) is 3. The first-order chi connectivity index (χ1) is 70.6. The largest absolute Gasteiger partial charge is 1.00 e. The molecule has 28 nitrogen and oxygen atoms in total. The van der Waals surface area contributed by atoms with Gasteiger partial charge in [0.2, 0.25) is 0 Å². The van der Waals surface area contributed by atoms with E-state index in [1.807, 2.05) is 58.9 Å². The number of piperidine rings is 6. The number of rotatable bonds is 16. The first kappa shape index (κ1) is 107. The van der Waals surface area contributed by atoms with Crippen molar-refractivity contribution in [2.75, 3.05) is 121 Å². The fourth-order valence-corrected chi connectivity index (χ4v) is 37.2. The Kier molecular flexibility index (Phi) is 28.0. The van der Waals surface area contributed by atoms with Crippen LogP contribution in [-0.2, 0) is 126 Å². The second kappa shape index (κ2) is 39.1. The van der Waals surface area contributed by atoms with Crippen molar-refractivity contribution >= 4 is 0 Å². The molecule has 6 spiro atoms. The molecular weight excluding hydrogens is 1960 g/mol. The summed E-state index contributed by atoms with van der Waals surface area (Å²) in [6.45, 7) is 22.5. The van der Waals surface area contributed by atoms with Gasteiger partial charge < -0.3 is 175 Å². The molecule has 30 rings (SSSR count). The van der Waals surface area contributed by atoms with E-state index in [2.05, 4.69) is 112 Å². The SMILES string of the molecule is CCO[C@H]1C=CC2C3Cc4ccc(CO)c5c4[C@@]2(CC[NH+]3C)C1O5.CCO[C@H]1CCC2C3Cc4ccc(CO)c5c4[C@@]2(CCN3C)C1O5.CCO[C@H]1CC[C@@]2(O)C3Cc4ccc(CO)c5c4[C@@]2(CCN3C)C1O5.CCO[C@H]1CC[C@@]2(O)C3Cc4ccc(CO)c5c4[C@@]2(CC[NH+]3C)C1O5.CCO[C@H]1CC[C@@]2(O)C3Cc4ccc(O)c5c4[C@@]2(CCN3C)C1O5.CCO[C@H]1CC[C@@]2(O)C3Cc4ccc(O)c5c4[C@@]2(CC[NH+]3C)C1O5.[Cl-].[Cl-].[Cl-]. The third kappa shape index (κ3) is 14.3. The van der Waals surface area contributed by atoms with Gasteiger partial charge >= 0.3 is 0 Å². The molecule has 6 aromatic carbocycles. The number of benzene rings is 6. The van der Waals surface area contributed by atoms with Crippen molar-refractivity contribution in [3.63, 3.8) is 0 Å². The van der Waals surface area contributed by atoms with Crippen LogP contribution in [0.2, 0.25) is 0 Å². The van der Waals surface area contributed by atoms with E-state index in [0.717, 1.165) is 231 Å². The molecule has 0 aromatic heterocycles. The highest BCUT2D eigenvalue weighted by molar-refractivity contribution is 5.68. The summed E-state index contributed by atoms with van der Waals surface area (Å²) in [6.07, 6.45) is 24.2.